The molecule has 0 heterocycles. The molecule has 2 aromatic carbocycles. The molecule has 0 saturated heterocycles. The molecule has 15 heavy (non-hydrogen) atoms. The Morgan fingerprint density at radius 3 is 2.73 bits per heavy atom. The van der Waals surface area contributed by atoms with Crippen molar-refractivity contribution in [2.24, 2.45) is 0 Å². The smallest absolute Gasteiger partial charge is 0.0106 e. The molecule has 0 fully saturated rings. The third-order valence-corrected chi connectivity index (χ3v) is 3.24. The van der Waals surface area contributed by atoms with Crippen molar-refractivity contribution >= 4 is 16.8 Å². The Hall–Kier alpha value is -1.56. The standard InChI is InChI=1S/C15H14/c1-11-10-12-6-2-3-8-14(12)15-9-5-4-7-13(11)15/h3-5,7-10H,2,6H2,1H3. The van der Waals surface area contributed by atoms with E-state index in [1.54, 1.807) is 0 Å². The number of allylic oxidation sites excluding steroid dienone is 1. The third-order valence-electron chi connectivity index (χ3n) is 3.24. The summed E-state index contributed by atoms with van der Waals surface area (Å²) < 4.78 is 0. The fraction of sp³-hybridized carbons (Fsp3) is 0.200. The van der Waals surface area contributed by atoms with Crippen LogP contribution in [0.15, 0.2) is 36.4 Å². The summed E-state index contributed by atoms with van der Waals surface area (Å²) in [6.45, 7) is 2.21. The van der Waals surface area contributed by atoms with Crippen LogP contribution in [0.1, 0.15) is 23.1 Å². The van der Waals surface area contributed by atoms with Gasteiger partial charge >= 0.3 is 0 Å². The number of rotatable bonds is 0. The van der Waals surface area contributed by atoms with Crippen LogP contribution in [0.2, 0.25) is 0 Å². The summed E-state index contributed by atoms with van der Waals surface area (Å²) in [4.78, 5) is 0. The zero-order valence-electron chi connectivity index (χ0n) is 8.96. The predicted octanol–water partition coefficient (Wildman–Crippen LogP) is 4.11. The molecule has 1 aliphatic rings. The number of benzene rings is 2. The first-order valence-electron chi connectivity index (χ1n) is 5.54. The molecule has 3 rings (SSSR count). The Kier molecular flexibility index (Phi) is 1.88. The number of hydrogen-bond donors (Lipinski definition) is 0. The molecule has 0 atom stereocenters. The van der Waals surface area contributed by atoms with Gasteiger partial charge in [0, 0.05) is 0 Å². The van der Waals surface area contributed by atoms with Gasteiger partial charge < -0.3 is 0 Å². The highest BCUT2D eigenvalue weighted by atomic mass is 14.1. The van der Waals surface area contributed by atoms with Gasteiger partial charge in [-0.2, -0.15) is 0 Å². The monoisotopic (exact) mass is 194 g/mol. The van der Waals surface area contributed by atoms with E-state index in [0.29, 0.717) is 0 Å². The SMILES string of the molecule is Cc1cc2c(c3ccccc13)C=CCC2. The highest BCUT2D eigenvalue weighted by molar-refractivity contribution is 5.94. The van der Waals surface area contributed by atoms with E-state index in [1.165, 1.54) is 40.3 Å². The molecule has 0 aliphatic heterocycles. The maximum Gasteiger partial charge on any atom is -0.0106 e. The van der Waals surface area contributed by atoms with Gasteiger partial charge in [0.2, 0.25) is 0 Å². The fourth-order valence-corrected chi connectivity index (χ4v) is 2.50. The minimum Gasteiger partial charge on any atom is -0.0836 e. The van der Waals surface area contributed by atoms with Gasteiger partial charge in [-0.25, -0.2) is 0 Å². The van der Waals surface area contributed by atoms with E-state index in [1.807, 2.05) is 0 Å². The first kappa shape index (κ1) is 8.72. The average molecular weight is 194 g/mol. The lowest BCUT2D eigenvalue weighted by atomic mass is 9.90. The van der Waals surface area contributed by atoms with Gasteiger partial charge in [0.05, 0.1) is 0 Å². The van der Waals surface area contributed by atoms with E-state index in [9.17, 15) is 0 Å². The fourth-order valence-electron chi connectivity index (χ4n) is 2.50. The van der Waals surface area contributed by atoms with Gasteiger partial charge in [-0.1, -0.05) is 42.5 Å². The average Bonchev–Trinajstić information content (AvgIpc) is 2.30. The Morgan fingerprint density at radius 1 is 1.07 bits per heavy atom. The number of fused-ring (bicyclic) bond motifs is 3. The van der Waals surface area contributed by atoms with Crippen LogP contribution in [0.25, 0.3) is 16.8 Å². The quantitative estimate of drug-likeness (QED) is 0.592. The van der Waals surface area contributed by atoms with Crippen LogP contribution in [0.4, 0.5) is 0 Å². The van der Waals surface area contributed by atoms with Crippen molar-refractivity contribution < 1.29 is 0 Å². The molecule has 0 aromatic heterocycles. The Balaban J connectivity index is 2.46. The van der Waals surface area contributed by atoms with Crippen molar-refractivity contribution in [2.75, 3.05) is 0 Å². The van der Waals surface area contributed by atoms with E-state index in [0.717, 1.165) is 0 Å². The van der Waals surface area contributed by atoms with Crippen LogP contribution >= 0.6 is 0 Å². The van der Waals surface area contributed by atoms with Gasteiger partial charge in [-0.15, -0.1) is 0 Å². The van der Waals surface area contributed by atoms with Crippen LogP contribution in [0.3, 0.4) is 0 Å². The molecular weight excluding hydrogens is 180 g/mol. The van der Waals surface area contributed by atoms with Gasteiger partial charge in [0.1, 0.15) is 0 Å². The minimum atomic E-state index is 1.19. The summed E-state index contributed by atoms with van der Waals surface area (Å²) in [5.41, 5.74) is 4.34. The zero-order chi connectivity index (χ0) is 10.3. The summed E-state index contributed by atoms with van der Waals surface area (Å²) in [5, 5.41) is 2.80. The molecule has 0 radical (unpaired) electrons. The van der Waals surface area contributed by atoms with Gasteiger partial charge in [0.25, 0.3) is 0 Å². The lowest BCUT2D eigenvalue weighted by molar-refractivity contribution is 0.987. The van der Waals surface area contributed by atoms with Crippen molar-refractivity contribution in [1.82, 2.24) is 0 Å². The molecule has 0 spiro atoms. The summed E-state index contributed by atoms with van der Waals surface area (Å²) in [5.74, 6) is 0. The molecule has 0 heteroatoms. The molecule has 1 aliphatic carbocycles. The molecule has 0 amide bonds. The van der Waals surface area contributed by atoms with E-state index in [-0.39, 0.29) is 0 Å². The molecule has 74 valence electrons. The lowest BCUT2D eigenvalue weighted by Gasteiger charge is -2.15. The summed E-state index contributed by atoms with van der Waals surface area (Å²) in [7, 11) is 0. The van der Waals surface area contributed by atoms with Crippen molar-refractivity contribution in [2.45, 2.75) is 19.8 Å². The zero-order valence-corrected chi connectivity index (χ0v) is 8.96. The van der Waals surface area contributed by atoms with Crippen molar-refractivity contribution in [3.63, 3.8) is 0 Å². The largest absolute Gasteiger partial charge is 0.0836 e. The van der Waals surface area contributed by atoms with Crippen LogP contribution in [-0.4, -0.2) is 0 Å². The molecule has 0 nitrogen and oxygen atoms in total. The lowest BCUT2D eigenvalue weighted by Crippen LogP contribution is -1.96. The highest BCUT2D eigenvalue weighted by Crippen LogP contribution is 2.30. The van der Waals surface area contributed by atoms with E-state index in [2.05, 4.69) is 49.4 Å². The molecule has 2 aromatic rings. The van der Waals surface area contributed by atoms with Crippen molar-refractivity contribution in [3.05, 3.63) is 53.1 Å². The third kappa shape index (κ3) is 1.29. The first-order chi connectivity index (χ1) is 7.36. The Morgan fingerprint density at radius 2 is 1.87 bits per heavy atom. The molecule has 0 bridgehead atoms. The topological polar surface area (TPSA) is 0 Å². The Labute approximate surface area is 90.2 Å². The predicted molar refractivity (Wildman–Crippen MR) is 66.0 cm³/mol. The van der Waals surface area contributed by atoms with Crippen LogP contribution in [0, 0.1) is 6.92 Å². The normalized spacial score (nSPS) is 14.2. The van der Waals surface area contributed by atoms with Gasteiger partial charge in [-0.3, -0.25) is 0 Å². The second kappa shape index (κ2) is 3.23. The van der Waals surface area contributed by atoms with Crippen LogP contribution in [-0.2, 0) is 6.42 Å². The van der Waals surface area contributed by atoms with Crippen LogP contribution in [0.5, 0.6) is 0 Å². The summed E-state index contributed by atoms with van der Waals surface area (Å²) >= 11 is 0. The molecule has 0 saturated carbocycles. The maximum absolute atomic E-state index is 2.35. The first-order valence-corrected chi connectivity index (χ1v) is 5.54. The molecule has 0 unspecified atom stereocenters. The Bertz CT molecular complexity index is 547. The highest BCUT2D eigenvalue weighted by Gasteiger charge is 2.09. The minimum absolute atomic E-state index is 1.19. The van der Waals surface area contributed by atoms with Gasteiger partial charge in [-0.05, 0) is 47.2 Å². The number of hydrogen-bond acceptors (Lipinski definition) is 0. The van der Waals surface area contributed by atoms with E-state index >= 15 is 0 Å². The second-order valence-electron chi connectivity index (χ2n) is 4.25. The number of aryl methyl sites for hydroxylation is 2. The summed E-state index contributed by atoms with van der Waals surface area (Å²) in [6, 6.07) is 11.0. The van der Waals surface area contributed by atoms with E-state index in [4.69, 9.17) is 0 Å². The molecule has 0 N–H and O–H groups in total. The van der Waals surface area contributed by atoms with Crippen molar-refractivity contribution in [1.29, 1.82) is 0 Å². The van der Waals surface area contributed by atoms with E-state index < -0.39 is 0 Å². The van der Waals surface area contributed by atoms with Crippen LogP contribution < -0.4 is 0 Å². The van der Waals surface area contributed by atoms with Crippen molar-refractivity contribution in [3.8, 4) is 0 Å². The van der Waals surface area contributed by atoms with Gasteiger partial charge in [0.15, 0.2) is 0 Å². The maximum atomic E-state index is 2.35. The second-order valence-corrected chi connectivity index (χ2v) is 4.25. The summed E-state index contributed by atoms with van der Waals surface area (Å²) in [6.07, 6.45) is 6.94. The molecular formula is C15H14.